The van der Waals surface area contributed by atoms with E-state index in [0.29, 0.717) is 24.5 Å². The lowest BCUT2D eigenvalue weighted by molar-refractivity contribution is -0.134. The largest absolute Gasteiger partial charge is 0.351 e. The molecule has 1 aliphatic carbocycles. The van der Waals surface area contributed by atoms with Gasteiger partial charge in [0.1, 0.15) is 11.2 Å². The minimum atomic E-state index is -1.10. The molecule has 2 aromatic carbocycles. The molecule has 36 heavy (non-hydrogen) atoms. The van der Waals surface area contributed by atoms with Crippen molar-refractivity contribution in [2.45, 2.75) is 77.5 Å². The highest BCUT2D eigenvalue weighted by Gasteiger charge is 2.49. The van der Waals surface area contributed by atoms with E-state index in [1.807, 2.05) is 66.9 Å². The molecular formula is C29H34N4O3. The number of nitrogens with zero attached hydrogens (tertiary/aromatic N) is 2. The summed E-state index contributed by atoms with van der Waals surface area (Å²) >= 11 is 0. The van der Waals surface area contributed by atoms with Crippen LogP contribution in [0.25, 0.3) is 10.9 Å². The van der Waals surface area contributed by atoms with Crippen molar-refractivity contribution in [3.8, 4) is 0 Å². The van der Waals surface area contributed by atoms with Crippen LogP contribution in [-0.2, 0) is 22.7 Å². The summed E-state index contributed by atoms with van der Waals surface area (Å²) in [6, 6.07) is 15.7. The van der Waals surface area contributed by atoms with E-state index in [4.69, 9.17) is 0 Å². The molecule has 0 spiro atoms. The van der Waals surface area contributed by atoms with E-state index in [9.17, 15) is 14.4 Å². The van der Waals surface area contributed by atoms with E-state index in [1.54, 1.807) is 4.90 Å². The second-order valence-electron chi connectivity index (χ2n) is 10.4. The highest BCUT2D eigenvalue weighted by atomic mass is 16.2. The van der Waals surface area contributed by atoms with Gasteiger partial charge in [-0.05, 0) is 43.9 Å². The van der Waals surface area contributed by atoms with E-state index >= 15 is 0 Å². The number of aryl methyl sites for hydroxylation is 1. The fourth-order valence-electron chi connectivity index (χ4n) is 5.72. The van der Waals surface area contributed by atoms with Crippen LogP contribution in [0.15, 0.2) is 48.5 Å². The third kappa shape index (κ3) is 4.16. The maximum atomic E-state index is 14.3. The number of nitrogens with one attached hydrogen (secondary N) is 2. The molecule has 188 valence electrons. The van der Waals surface area contributed by atoms with Gasteiger partial charge >= 0.3 is 0 Å². The van der Waals surface area contributed by atoms with Crippen molar-refractivity contribution in [1.29, 1.82) is 0 Å². The Bertz CT molecular complexity index is 1340. The summed E-state index contributed by atoms with van der Waals surface area (Å²) < 4.78 is 1.91. The minimum Gasteiger partial charge on any atom is -0.351 e. The first-order chi connectivity index (χ1) is 17.3. The van der Waals surface area contributed by atoms with Crippen molar-refractivity contribution in [3.05, 3.63) is 65.4 Å². The van der Waals surface area contributed by atoms with E-state index in [0.717, 1.165) is 47.7 Å². The molecule has 3 aromatic rings. The summed E-state index contributed by atoms with van der Waals surface area (Å²) in [7, 11) is 0. The molecule has 2 N–H and O–H groups in total. The summed E-state index contributed by atoms with van der Waals surface area (Å²) in [6.07, 6.45) is 5.36. The average molecular weight is 487 g/mol. The van der Waals surface area contributed by atoms with Crippen LogP contribution in [0.2, 0.25) is 0 Å². The number of anilines is 1. The number of para-hydroxylation sites is 1. The smallest absolute Gasteiger partial charge is 0.273 e. The molecule has 5 rings (SSSR count). The van der Waals surface area contributed by atoms with Gasteiger partial charge in [0.15, 0.2) is 0 Å². The average Bonchev–Trinajstić information content (AvgIpc) is 3.16. The van der Waals surface area contributed by atoms with E-state index in [-0.39, 0.29) is 23.8 Å². The van der Waals surface area contributed by atoms with Crippen molar-refractivity contribution < 1.29 is 14.4 Å². The van der Waals surface area contributed by atoms with E-state index < -0.39 is 5.54 Å². The third-order valence-corrected chi connectivity index (χ3v) is 7.80. The molecule has 1 saturated carbocycles. The molecule has 1 aliphatic heterocycles. The van der Waals surface area contributed by atoms with Crippen molar-refractivity contribution in [2.24, 2.45) is 0 Å². The molecule has 1 unspecified atom stereocenters. The standard InChI is InChI=1S/C29H34N4O3/c1-19-11-7-8-12-21(19)17-33-27(35)26-25(30-20(2)34)23-15-9-10-16-24(23)32(26)18-29(33,3)28(36)31-22-13-5-4-6-14-22/h7-12,15-16,22H,4-6,13-14,17-18H2,1-3H3,(H,30,34)(H,31,36). The lowest BCUT2D eigenvalue weighted by Crippen LogP contribution is -2.64. The van der Waals surface area contributed by atoms with Crippen LogP contribution in [0.4, 0.5) is 5.69 Å². The Labute approximate surface area is 211 Å². The minimum absolute atomic E-state index is 0.124. The summed E-state index contributed by atoms with van der Waals surface area (Å²) in [5, 5.41) is 6.97. The van der Waals surface area contributed by atoms with Gasteiger partial charge in [-0.2, -0.15) is 0 Å². The monoisotopic (exact) mass is 486 g/mol. The van der Waals surface area contributed by atoms with Gasteiger partial charge in [0, 0.05) is 24.9 Å². The number of aromatic nitrogens is 1. The van der Waals surface area contributed by atoms with Crippen LogP contribution in [0.3, 0.4) is 0 Å². The number of carbonyl (C=O) groups is 3. The molecule has 2 heterocycles. The first kappa shape index (κ1) is 24.1. The van der Waals surface area contributed by atoms with Crippen LogP contribution in [0, 0.1) is 6.92 Å². The van der Waals surface area contributed by atoms with Crippen LogP contribution in [0.1, 0.15) is 67.6 Å². The number of fused-ring (bicyclic) bond motifs is 3. The molecule has 0 saturated heterocycles. The first-order valence-corrected chi connectivity index (χ1v) is 12.9. The molecule has 7 heteroatoms. The van der Waals surface area contributed by atoms with Gasteiger partial charge in [0.05, 0.1) is 17.7 Å². The summed E-state index contributed by atoms with van der Waals surface area (Å²) in [5.74, 6) is -0.623. The normalized spacial score (nSPS) is 20.3. The lowest BCUT2D eigenvalue weighted by Gasteiger charge is -2.45. The number of carbonyl (C=O) groups excluding carboxylic acids is 3. The van der Waals surface area contributed by atoms with Crippen molar-refractivity contribution in [3.63, 3.8) is 0 Å². The predicted octanol–water partition coefficient (Wildman–Crippen LogP) is 4.77. The quantitative estimate of drug-likeness (QED) is 0.545. The van der Waals surface area contributed by atoms with Gasteiger partial charge in [-0.15, -0.1) is 0 Å². The predicted molar refractivity (Wildman–Crippen MR) is 141 cm³/mol. The number of amides is 3. The van der Waals surface area contributed by atoms with Crippen LogP contribution in [0.5, 0.6) is 0 Å². The third-order valence-electron chi connectivity index (χ3n) is 7.80. The number of hydrogen-bond acceptors (Lipinski definition) is 3. The Morgan fingerprint density at radius 1 is 1.03 bits per heavy atom. The Morgan fingerprint density at radius 3 is 2.44 bits per heavy atom. The maximum Gasteiger partial charge on any atom is 0.273 e. The Hall–Kier alpha value is -3.61. The van der Waals surface area contributed by atoms with Gasteiger partial charge in [-0.3, -0.25) is 14.4 Å². The molecule has 7 nitrogen and oxygen atoms in total. The van der Waals surface area contributed by atoms with Crippen LogP contribution in [-0.4, -0.2) is 38.8 Å². The summed E-state index contributed by atoms with van der Waals surface area (Å²) in [6.45, 7) is 5.94. The number of benzene rings is 2. The van der Waals surface area contributed by atoms with E-state index in [1.165, 1.54) is 13.3 Å². The number of rotatable bonds is 5. The Balaban J connectivity index is 1.63. The fourth-order valence-corrected chi connectivity index (χ4v) is 5.72. The first-order valence-electron chi connectivity index (χ1n) is 12.9. The molecule has 1 atom stereocenters. The van der Waals surface area contributed by atoms with Crippen LogP contribution < -0.4 is 10.6 Å². The maximum absolute atomic E-state index is 14.3. The van der Waals surface area contributed by atoms with Gasteiger partial charge in [-0.1, -0.05) is 61.7 Å². The molecule has 3 amide bonds. The molecule has 1 fully saturated rings. The lowest BCUT2D eigenvalue weighted by atomic mass is 9.90. The highest BCUT2D eigenvalue weighted by molar-refractivity contribution is 6.14. The SMILES string of the molecule is CC(=O)Nc1c2n(c3ccccc13)CC(C)(C(=O)NC1CCCCC1)N(Cc1ccccc1C)C2=O. The second kappa shape index (κ2) is 9.45. The van der Waals surface area contributed by atoms with Gasteiger partial charge < -0.3 is 20.1 Å². The van der Waals surface area contributed by atoms with Crippen LogP contribution >= 0.6 is 0 Å². The molecule has 0 bridgehead atoms. The van der Waals surface area contributed by atoms with Gasteiger partial charge in [0.2, 0.25) is 11.8 Å². The second-order valence-corrected chi connectivity index (χ2v) is 10.4. The number of hydrogen-bond donors (Lipinski definition) is 2. The summed E-state index contributed by atoms with van der Waals surface area (Å²) in [5.41, 5.74) is 2.72. The molecule has 1 aromatic heterocycles. The molecule has 0 radical (unpaired) electrons. The highest BCUT2D eigenvalue weighted by Crippen LogP contribution is 2.39. The molecule has 2 aliphatic rings. The molecular weight excluding hydrogens is 452 g/mol. The Morgan fingerprint density at radius 2 is 1.72 bits per heavy atom. The van der Waals surface area contributed by atoms with Gasteiger partial charge in [-0.25, -0.2) is 0 Å². The zero-order chi connectivity index (χ0) is 25.4. The van der Waals surface area contributed by atoms with E-state index in [2.05, 4.69) is 10.6 Å². The van der Waals surface area contributed by atoms with Crippen molar-refractivity contribution in [2.75, 3.05) is 5.32 Å². The Kier molecular flexibility index (Phi) is 6.33. The van der Waals surface area contributed by atoms with Crippen molar-refractivity contribution in [1.82, 2.24) is 14.8 Å². The topological polar surface area (TPSA) is 83.4 Å². The zero-order valence-corrected chi connectivity index (χ0v) is 21.3. The zero-order valence-electron chi connectivity index (χ0n) is 21.3. The van der Waals surface area contributed by atoms with Crippen molar-refractivity contribution >= 4 is 34.3 Å². The summed E-state index contributed by atoms with van der Waals surface area (Å²) in [4.78, 5) is 42.1. The van der Waals surface area contributed by atoms with Gasteiger partial charge in [0.25, 0.3) is 5.91 Å². The fraction of sp³-hybridized carbons (Fsp3) is 0.414.